The Morgan fingerprint density at radius 1 is 1.03 bits per heavy atom. The summed E-state index contributed by atoms with van der Waals surface area (Å²) in [6, 6.07) is 9.95. The summed E-state index contributed by atoms with van der Waals surface area (Å²) >= 11 is 1.23. The standard InChI is InChI=1S/C27H28N2O7S/c1-7-36-26(31)22-15(2)28-27-29(23(22)16-11-12-18(32-3)20(13-16)34-5)25(30)21(37-27)14-17-9-8-10-19(33-4)24(17)35-6/h8-14,23H,7H2,1-6H3/b21-14+. The van der Waals surface area contributed by atoms with Gasteiger partial charge in [-0.25, -0.2) is 9.79 Å². The molecule has 0 amide bonds. The summed E-state index contributed by atoms with van der Waals surface area (Å²) in [5.41, 5.74) is 1.79. The predicted octanol–water partition coefficient (Wildman–Crippen LogP) is 2.83. The smallest absolute Gasteiger partial charge is 0.338 e. The Hall–Kier alpha value is -4.05. The number of methoxy groups -OCH3 is 4. The van der Waals surface area contributed by atoms with Gasteiger partial charge >= 0.3 is 5.97 Å². The van der Waals surface area contributed by atoms with E-state index in [0.717, 1.165) is 0 Å². The van der Waals surface area contributed by atoms with Gasteiger partial charge in [-0.2, -0.15) is 0 Å². The molecule has 1 unspecified atom stereocenters. The van der Waals surface area contributed by atoms with Crippen molar-refractivity contribution in [3.63, 3.8) is 0 Å². The average Bonchev–Trinajstić information content (AvgIpc) is 3.21. The van der Waals surface area contributed by atoms with Crippen LogP contribution in [0.4, 0.5) is 0 Å². The molecular weight excluding hydrogens is 496 g/mol. The molecule has 4 rings (SSSR count). The zero-order valence-corrected chi connectivity index (χ0v) is 22.3. The summed E-state index contributed by atoms with van der Waals surface area (Å²) in [6.45, 7) is 3.66. The number of thiazole rings is 1. The number of carbonyl (C=O) groups excluding carboxylic acids is 1. The third kappa shape index (κ3) is 4.72. The Bertz CT molecular complexity index is 1550. The summed E-state index contributed by atoms with van der Waals surface area (Å²) in [5, 5.41) is 0. The molecule has 3 aromatic rings. The average molecular weight is 525 g/mol. The second-order valence-electron chi connectivity index (χ2n) is 8.00. The number of allylic oxidation sites excluding steroid dienone is 1. The van der Waals surface area contributed by atoms with Crippen LogP contribution < -0.4 is 33.8 Å². The van der Waals surface area contributed by atoms with Crippen molar-refractivity contribution in [2.75, 3.05) is 35.0 Å². The van der Waals surface area contributed by atoms with Gasteiger partial charge in [0.2, 0.25) is 0 Å². The molecule has 37 heavy (non-hydrogen) atoms. The summed E-state index contributed by atoms with van der Waals surface area (Å²) in [6.07, 6.45) is 1.74. The molecule has 0 N–H and O–H groups in total. The number of benzene rings is 2. The zero-order valence-electron chi connectivity index (χ0n) is 21.5. The second kappa shape index (κ2) is 10.9. The number of para-hydroxylation sites is 1. The molecule has 2 aromatic carbocycles. The number of carbonyl (C=O) groups is 1. The summed E-state index contributed by atoms with van der Waals surface area (Å²) < 4.78 is 29.1. The summed E-state index contributed by atoms with van der Waals surface area (Å²) in [7, 11) is 6.17. The first-order valence-corrected chi connectivity index (χ1v) is 12.3. The maximum atomic E-state index is 13.8. The molecule has 0 spiro atoms. The molecule has 9 nitrogen and oxygen atoms in total. The Labute approximate surface area is 217 Å². The minimum absolute atomic E-state index is 0.189. The molecule has 0 bridgehead atoms. The van der Waals surface area contributed by atoms with E-state index in [1.807, 2.05) is 12.1 Å². The molecule has 194 valence electrons. The fraction of sp³-hybridized carbons (Fsp3) is 0.296. The van der Waals surface area contributed by atoms with Gasteiger partial charge in [-0.05, 0) is 43.7 Å². The highest BCUT2D eigenvalue weighted by molar-refractivity contribution is 7.07. The lowest BCUT2D eigenvalue weighted by molar-refractivity contribution is -0.139. The topological polar surface area (TPSA) is 97.6 Å². The van der Waals surface area contributed by atoms with Crippen LogP contribution in [0.25, 0.3) is 6.08 Å². The van der Waals surface area contributed by atoms with E-state index < -0.39 is 12.0 Å². The van der Waals surface area contributed by atoms with Gasteiger partial charge in [0.25, 0.3) is 5.56 Å². The van der Waals surface area contributed by atoms with Crippen LogP contribution in [-0.4, -0.2) is 45.6 Å². The first kappa shape index (κ1) is 26.0. The molecular formula is C27H28N2O7S. The number of hydrogen-bond donors (Lipinski definition) is 0. The van der Waals surface area contributed by atoms with E-state index in [9.17, 15) is 9.59 Å². The van der Waals surface area contributed by atoms with Gasteiger partial charge in [-0.15, -0.1) is 0 Å². The predicted molar refractivity (Wildman–Crippen MR) is 139 cm³/mol. The van der Waals surface area contributed by atoms with Crippen LogP contribution in [0, 0.1) is 0 Å². The SMILES string of the molecule is CCOC(=O)C1=C(C)N=c2s/c(=C/c3cccc(OC)c3OC)c(=O)n2C1c1ccc(OC)c(OC)c1. The molecule has 1 atom stereocenters. The monoisotopic (exact) mass is 524 g/mol. The number of ether oxygens (including phenoxy) is 5. The summed E-state index contributed by atoms with van der Waals surface area (Å²) in [4.78, 5) is 32.0. The van der Waals surface area contributed by atoms with E-state index in [1.165, 1.54) is 23.0 Å². The third-order valence-corrected chi connectivity index (χ3v) is 6.94. The van der Waals surface area contributed by atoms with Crippen molar-refractivity contribution in [3.05, 3.63) is 78.5 Å². The van der Waals surface area contributed by atoms with Gasteiger partial charge in [0.15, 0.2) is 27.8 Å². The van der Waals surface area contributed by atoms with Crippen molar-refractivity contribution in [1.82, 2.24) is 4.57 Å². The lowest BCUT2D eigenvalue weighted by Gasteiger charge is -2.25. The number of esters is 1. The Morgan fingerprint density at radius 2 is 1.76 bits per heavy atom. The van der Waals surface area contributed by atoms with Crippen LogP contribution in [0.2, 0.25) is 0 Å². The number of nitrogens with zero attached hydrogens (tertiary/aromatic N) is 2. The van der Waals surface area contributed by atoms with Crippen LogP contribution in [-0.2, 0) is 9.53 Å². The van der Waals surface area contributed by atoms with Crippen LogP contribution in [0.15, 0.2) is 57.5 Å². The van der Waals surface area contributed by atoms with Gasteiger partial charge in [0.1, 0.15) is 0 Å². The molecule has 0 saturated heterocycles. The van der Waals surface area contributed by atoms with Gasteiger partial charge in [0, 0.05) is 5.56 Å². The zero-order chi connectivity index (χ0) is 26.7. The number of aromatic nitrogens is 1. The highest BCUT2D eigenvalue weighted by Gasteiger charge is 2.34. The highest BCUT2D eigenvalue weighted by atomic mass is 32.1. The maximum Gasteiger partial charge on any atom is 0.338 e. The molecule has 1 aliphatic heterocycles. The Balaban J connectivity index is 1.99. The molecule has 10 heteroatoms. The normalized spacial score (nSPS) is 15.1. The van der Waals surface area contributed by atoms with E-state index in [4.69, 9.17) is 23.7 Å². The fourth-order valence-corrected chi connectivity index (χ4v) is 5.33. The highest BCUT2D eigenvalue weighted by Crippen LogP contribution is 2.36. The van der Waals surface area contributed by atoms with Crippen molar-refractivity contribution in [1.29, 1.82) is 0 Å². The fourth-order valence-electron chi connectivity index (χ4n) is 4.30. The van der Waals surface area contributed by atoms with Crippen LogP contribution in [0.1, 0.15) is 31.0 Å². The maximum absolute atomic E-state index is 13.8. The van der Waals surface area contributed by atoms with E-state index >= 15 is 0 Å². The van der Waals surface area contributed by atoms with Gasteiger partial charge in [0.05, 0.1) is 56.9 Å². The van der Waals surface area contributed by atoms with Gasteiger partial charge in [-0.1, -0.05) is 29.5 Å². The second-order valence-corrected chi connectivity index (χ2v) is 9.01. The first-order valence-electron chi connectivity index (χ1n) is 11.5. The molecule has 0 saturated carbocycles. The van der Waals surface area contributed by atoms with Crippen LogP contribution >= 0.6 is 11.3 Å². The third-order valence-electron chi connectivity index (χ3n) is 5.96. The van der Waals surface area contributed by atoms with E-state index in [1.54, 1.807) is 65.5 Å². The minimum Gasteiger partial charge on any atom is -0.493 e. The molecule has 0 radical (unpaired) electrons. The quantitative estimate of drug-likeness (QED) is 0.418. The van der Waals surface area contributed by atoms with E-state index in [0.29, 0.717) is 49.2 Å². The summed E-state index contributed by atoms with van der Waals surface area (Å²) in [5.74, 6) is 1.53. The number of hydrogen-bond acceptors (Lipinski definition) is 9. The van der Waals surface area contributed by atoms with E-state index in [2.05, 4.69) is 4.99 Å². The number of rotatable bonds is 8. The van der Waals surface area contributed by atoms with Crippen molar-refractivity contribution >= 4 is 23.4 Å². The van der Waals surface area contributed by atoms with Crippen molar-refractivity contribution in [2.24, 2.45) is 4.99 Å². The lowest BCUT2D eigenvalue weighted by atomic mass is 9.95. The molecule has 1 aromatic heterocycles. The van der Waals surface area contributed by atoms with Crippen molar-refractivity contribution in [2.45, 2.75) is 19.9 Å². The Morgan fingerprint density at radius 3 is 2.41 bits per heavy atom. The van der Waals surface area contributed by atoms with Crippen molar-refractivity contribution in [3.8, 4) is 23.0 Å². The van der Waals surface area contributed by atoms with Crippen LogP contribution in [0.5, 0.6) is 23.0 Å². The molecule has 0 fully saturated rings. The minimum atomic E-state index is -0.774. The van der Waals surface area contributed by atoms with Crippen LogP contribution in [0.3, 0.4) is 0 Å². The van der Waals surface area contributed by atoms with Gasteiger partial charge in [-0.3, -0.25) is 9.36 Å². The molecule has 0 aliphatic carbocycles. The first-order chi connectivity index (χ1) is 17.9. The number of fused-ring (bicyclic) bond motifs is 1. The van der Waals surface area contributed by atoms with Crippen molar-refractivity contribution < 1.29 is 28.5 Å². The molecule has 2 heterocycles. The largest absolute Gasteiger partial charge is 0.493 e. The lowest BCUT2D eigenvalue weighted by Crippen LogP contribution is -2.40. The Kier molecular flexibility index (Phi) is 7.68. The van der Waals surface area contributed by atoms with Gasteiger partial charge < -0.3 is 23.7 Å². The molecule has 1 aliphatic rings. The van der Waals surface area contributed by atoms with E-state index in [-0.39, 0.29) is 17.7 Å².